The zero-order valence-electron chi connectivity index (χ0n) is 11.1. The van der Waals surface area contributed by atoms with Crippen molar-refractivity contribution in [2.24, 2.45) is 0 Å². The number of benzene rings is 1. The Morgan fingerprint density at radius 2 is 2.00 bits per heavy atom. The number of esters is 1. The molecule has 0 aliphatic heterocycles. The monoisotopic (exact) mass is 304 g/mol. The first-order valence-electron chi connectivity index (χ1n) is 6.01. The molecule has 1 atom stereocenters. The third kappa shape index (κ3) is 4.84. The fourth-order valence-corrected chi connectivity index (χ4v) is 2.58. The number of carbonyl (C=O) groups excluding carboxylic acids is 1. The lowest BCUT2D eigenvalue weighted by Crippen LogP contribution is -2.15. The van der Waals surface area contributed by atoms with E-state index in [-0.39, 0.29) is 16.6 Å². The number of carbonyl (C=O) groups is 1. The summed E-state index contributed by atoms with van der Waals surface area (Å²) in [5.74, 6) is -0.536. The second-order valence-electron chi connectivity index (χ2n) is 4.48. The maximum Gasteiger partial charge on any atom is 0.338 e. The number of ether oxygens (including phenoxy) is 1. The molecule has 0 saturated carbocycles. The van der Waals surface area contributed by atoms with Crippen LogP contribution in [-0.4, -0.2) is 20.5 Å². The van der Waals surface area contributed by atoms with Gasteiger partial charge in [0.2, 0.25) is 0 Å². The first-order valence-corrected chi connectivity index (χ1v) is 8.32. The van der Waals surface area contributed by atoms with E-state index in [2.05, 4.69) is 0 Å². The molecule has 0 aliphatic carbocycles. The minimum Gasteiger partial charge on any atom is -0.459 e. The van der Waals surface area contributed by atoms with E-state index in [9.17, 15) is 13.2 Å². The molecular weight excluding hydrogens is 288 g/mol. The highest BCUT2D eigenvalue weighted by Gasteiger charge is 2.17. The van der Waals surface area contributed by atoms with Crippen LogP contribution in [0.15, 0.2) is 23.1 Å². The van der Waals surface area contributed by atoms with Crippen LogP contribution in [0.25, 0.3) is 0 Å². The van der Waals surface area contributed by atoms with E-state index >= 15 is 0 Å². The van der Waals surface area contributed by atoms with E-state index in [0.29, 0.717) is 5.56 Å². The Morgan fingerprint density at radius 3 is 2.53 bits per heavy atom. The van der Waals surface area contributed by atoms with Crippen LogP contribution in [-0.2, 0) is 13.8 Å². The molecule has 1 aromatic rings. The van der Waals surface area contributed by atoms with E-state index in [1.165, 1.54) is 12.1 Å². The molecule has 0 radical (unpaired) electrons. The Labute approximate surface area is 118 Å². The highest BCUT2D eigenvalue weighted by atomic mass is 35.7. The van der Waals surface area contributed by atoms with Crippen molar-refractivity contribution in [3.63, 3.8) is 0 Å². The molecule has 0 heterocycles. The summed E-state index contributed by atoms with van der Waals surface area (Å²) in [7, 11) is 1.43. The first kappa shape index (κ1) is 16.0. The van der Waals surface area contributed by atoms with Crippen LogP contribution in [0, 0.1) is 6.92 Å². The lowest BCUT2D eigenvalue weighted by atomic mass is 10.1. The van der Waals surface area contributed by atoms with Crippen molar-refractivity contribution in [2.45, 2.75) is 44.6 Å². The van der Waals surface area contributed by atoms with Gasteiger partial charge in [0.1, 0.15) is 0 Å². The summed E-state index contributed by atoms with van der Waals surface area (Å²) >= 11 is 0. The van der Waals surface area contributed by atoms with Crippen LogP contribution in [0.2, 0.25) is 0 Å². The largest absolute Gasteiger partial charge is 0.459 e. The normalized spacial score (nSPS) is 13.1. The van der Waals surface area contributed by atoms with Crippen molar-refractivity contribution in [3.8, 4) is 0 Å². The second kappa shape index (κ2) is 6.39. The number of rotatable bonds is 5. The van der Waals surface area contributed by atoms with Gasteiger partial charge in [-0.15, -0.1) is 0 Å². The van der Waals surface area contributed by atoms with Crippen LogP contribution in [0.3, 0.4) is 0 Å². The van der Waals surface area contributed by atoms with Crippen molar-refractivity contribution >= 4 is 25.7 Å². The summed E-state index contributed by atoms with van der Waals surface area (Å²) in [5.41, 5.74) is 0.832. The van der Waals surface area contributed by atoms with Gasteiger partial charge in [-0.3, -0.25) is 0 Å². The molecule has 0 fully saturated rings. The lowest BCUT2D eigenvalue weighted by Gasteiger charge is -2.12. The number of hydrogen-bond acceptors (Lipinski definition) is 4. The Hall–Kier alpha value is -1.07. The molecule has 1 rings (SSSR count). The van der Waals surface area contributed by atoms with Crippen molar-refractivity contribution in [3.05, 3.63) is 29.3 Å². The molecule has 6 heteroatoms. The van der Waals surface area contributed by atoms with E-state index in [4.69, 9.17) is 15.4 Å². The SMILES string of the molecule is CCCC(C)OC(=O)c1cc(C)cc(S(=O)(=O)Cl)c1. The molecule has 0 amide bonds. The molecule has 0 aromatic heterocycles. The fourth-order valence-electron chi connectivity index (χ4n) is 1.72. The predicted molar refractivity (Wildman–Crippen MR) is 74.0 cm³/mol. The average Bonchev–Trinajstić information content (AvgIpc) is 2.27. The molecule has 0 bridgehead atoms. The maximum absolute atomic E-state index is 11.9. The van der Waals surface area contributed by atoms with Crippen molar-refractivity contribution in [1.29, 1.82) is 0 Å². The topological polar surface area (TPSA) is 60.4 Å². The molecular formula is C13H17ClO4S. The highest BCUT2D eigenvalue weighted by molar-refractivity contribution is 8.13. The van der Waals surface area contributed by atoms with Crippen molar-refractivity contribution in [1.82, 2.24) is 0 Å². The van der Waals surface area contributed by atoms with E-state index in [0.717, 1.165) is 12.8 Å². The maximum atomic E-state index is 11.9. The van der Waals surface area contributed by atoms with E-state index in [1.54, 1.807) is 19.9 Å². The first-order chi connectivity index (χ1) is 8.74. The highest BCUT2D eigenvalue weighted by Crippen LogP contribution is 2.20. The molecule has 106 valence electrons. The lowest BCUT2D eigenvalue weighted by molar-refractivity contribution is 0.0323. The molecule has 1 aromatic carbocycles. The summed E-state index contributed by atoms with van der Waals surface area (Å²) in [5, 5.41) is 0. The summed E-state index contributed by atoms with van der Waals surface area (Å²) in [6.45, 7) is 5.49. The van der Waals surface area contributed by atoms with Crippen LogP contribution in [0.1, 0.15) is 42.6 Å². The number of halogens is 1. The molecule has 0 aliphatic rings. The predicted octanol–water partition coefficient (Wildman–Crippen LogP) is 3.27. The smallest absolute Gasteiger partial charge is 0.338 e. The van der Waals surface area contributed by atoms with Gasteiger partial charge in [-0.05, 0) is 44.0 Å². The van der Waals surface area contributed by atoms with Gasteiger partial charge in [-0.25, -0.2) is 13.2 Å². The Balaban J connectivity index is 3.01. The quantitative estimate of drug-likeness (QED) is 0.619. The van der Waals surface area contributed by atoms with Crippen molar-refractivity contribution < 1.29 is 17.9 Å². The summed E-state index contributed by atoms with van der Waals surface area (Å²) in [4.78, 5) is 11.8. The van der Waals surface area contributed by atoms with Gasteiger partial charge in [0, 0.05) is 10.7 Å². The number of hydrogen-bond donors (Lipinski definition) is 0. The van der Waals surface area contributed by atoms with Crippen LogP contribution in [0.4, 0.5) is 0 Å². The molecule has 0 N–H and O–H groups in total. The van der Waals surface area contributed by atoms with Gasteiger partial charge in [0.05, 0.1) is 16.6 Å². The van der Waals surface area contributed by atoms with Gasteiger partial charge in [0.25, 0.3) is 9.05 Å². The Bertz CT molecular complexity index is 566. The average molecular weight is 305 g/mol. The zero-order chi connectivity index (χ0) is 14.6. The third-order valence-electron chi connectivity index (χ3n) is 2.57. The van der Waals surface area contributed by atoms with Gasteiger partial charge in [-0.2, -0.15) is 0 Å². The molecule has 0 saturated heterocycles. The summed E-state index contributed by atoms with van der Waals surface area (Å²) in [6.07, 6.45) is 1.47. The second-order valence-corrected chi connectivity index (χ2v) is 7.04. The summed E-state index contributed by atoms with van der Waals surface area (Å²) < 4.78 is 27.8. The van der Waals surface area contributed by atoms with Crippen molar-refractivity contribution in [2.75, 3.05) is 0 Å². The van der Waals surface area contributed by atoms with Crippen LogP contribution in [0.5, 0.6) is 0 Å². The Kier molecular flexibility index (Phi) is 5.38. The van der Waals surface area contributed by atoms with Crippen LogP contribution < -0.4 is 0 Å². The zero-order valence-corrected chi connectivity index (χ0v) is 12.7. The number of aryl methyl sites for hydroxylation is 1. The van der Waals surface area contributed by atoms with E-state index in [1.807, 2.05) is 6.92 Å². The Morgan fingerprint density at radius 1 is 1.37 bits per heavy atom. The van der Waals surface area contributed by atoms with Gasteiger partial charge >= 0.3 is 5.97 Å². The molecule has 1 unspecified atom stereocenters. The van der Waals surface area contributed by atoms with Gasteiger partial charge < -0.3 is 4.74 Å². The third-order valence-corrected chi connectivity index (χ3v) is 3.90. The molecule has 19 heavy (non-hydrogen) atoms. The minimum absolute atomic E-state index is 0.0933. The van der Waals surface area contributed by atoms with Gasteiger partial charge in [0.15, 0.2) is 0 Å². The summed E-state index contributed by atoms with van der Waals surface area (Å²) in [6, 6.07) is 4.22. The van der Waals surface area contributed by atoms with Crippen LogP contribution >= 0.6 is 10.7 Å². The van der Waals surface area contributed by atoms with E-state index < -0.39 is 15.0 Å². The molecule has 0 spiro atoms. The van der Waals surface area contributed by atoms with Gasteiger partial charge in [-0.1, -0.05) is 13.3 Å². The fraction of sp³-hybridized carbons (Fsp3) is 0.462. The molecule has 4 nitrogen and oxygen atoms in total. The standard InChI is InChI=1S/C13H17ClO4S/c1-4-5-10(3)18-13(15)11-6-9(2)7-12(8-11)19(14,16)17/h6-8,10H,4-5H2,1-3H3. The minimum atomic E-state index is -3.86.